The van der Waals surface area contributed by atoms with Gasteiger partial charge in [-0.1, -0.05) is 6.92 Å². The fourth-order valence-corrected chi connectivity index (χ4v) is 1.72. The third-order valence-electron chi connectivity index (χ3n) is 2.93. The molecule has 0 aromatic heterocycles. The lowest BCUT2D eigenvalue weighted by molar-refractivity contribution is 0.0357. The van der Waals surface area contributed by atoms with Gasteiger partial charge in [0.25, 0.3) is 0 Å². The molecule has 0 aromatic carbocycles. The smallest absolute Gasteiger partial charge is 0.0690 e. The largest absolute Gasteiger partial charge is 0.392 e. The van der Waals surface area contributed by atoms with Gasteiger partial charge in [-0.2, -0.15) is 0 Å². The zero-order valence-corrected chi connectivity index (χ0v) is 11.1. The summed E-state index contributed by atoms with van der Waals surface area (Å²) >= 11 is 0. The molecule has 2 unspecified atom stereocenters. The average Bonchev–Trinajstić information content (AvgIpc) is 2.31. The second kappa shape index (κ2) is 10.0. The number of nitrogens with zero attached hydrogens (tertiary/aromatic N) is 1. The predicted molar refractivity (Wildman–Crippen MR) is 65.7 cm³/mol. The minimum absolute atomic E-state index is 0.178. The second-order valence-corrected chi connectivity index (χ2v) is 4.09. The van der Waals surface area contributed by atoms with Gasteiger partial charge in [-0.15, -0.1) is 0 Å². The summed E-state index contributed by atoms with van der Waals surface area (Å²) in [5.74, 6) is 0. The van der Waals surface area contributed by atoms with Crippen LogP contribution < -0.4 is 0 Å². The van der Waals surface area contributed by atoms with Crippen LogP contribution in [0.5, 0.6) is 0 Å². The van der Waals surface area contributed by atoms with Crippen LogP contribution in [0.15, 0.2) is 0 Å². The normalized spacial score (nSPS) is 15.4. The molecule has 1 N–H and O–H groups in total. The lowest BCUT2D eigenvalue weighted by Gasteiger charge is -2.31. The van der Waals surface area contributed by atoms with E-state index in [0.717, 1.165) is 32.5 Å². The highest BCUT2D eigenvalue weighted by Gasteiger charge is 2.19. The number of ether oxygens (including phenoxy) is 2. The van der Waals surface area contributed by atoms with Crippen molar-refractivity contribution in [3.8, 4) is 0 Å². The molecular weight excluding hydrogens is 206 g/mol. The van der Waals surface area contributed by atoms with Crippen molar-refractivity contribution in [3.63, 3.8) is 0 Å². The summed E-state index contributed by atoms with van der Waals surface area (Å²) < 4.78 is 10.1. The van der Waals surface area contributed by atoms with Crippen LogP contribution in [-0.4, -0.2) is 62.7 Å². The summed E-state index contributed by atoms with van der Waals surface area (Å²) in [7, 11) is 3.41. The van der Waals surface area contributed by atoms with Crippen molar-refractivity contribution >= 4 is 0 Å². The van der Waals surface area contributed by atoms with Gasteiger partial charge in [0, 0.05) is 40.0 Å². The molecule has 2 atom stereocenters. The Labute approximate surface area is 99.5 Å². The first-order valence-corrected chi connectivity index (χ1v) is 6.07. The molecular formula is C12H27NO3. The molecule has 0 amide bonds. The Morgan fingerprint density at radius 2 is 1.75 bits per heavy atom. The van der Waals surface area contributed by atoms with Crippen LogP contribution in [0.1, 0.15) is 26.7 Å². The van der Waals surface area contributed by atoms with Gasteiger partial charge in [0.05, 0.1) is 12.7 Å². The van der Waals surface area contributed by atoms with Crippen LogP contribution >= 0.6 is 0 Å². The van der Waals surface area contributed by atoms with Crippen molar-refractivity contribution in [1.82, 2.24) is 4.90 Å². The van der Waals surface area contributed by atoms with Crippen molar-refractivity contribution in [2.24, 2.45) is 0 Å². The molecule has 0 radical (unpaired) electrons. The molecule has 0 aliphatic rings. The van der Waals surface area contributed by atoms with Crippen LogP contribution in [0, 0.1) is 0 Å². The highest BCUT2D eigenvalue weighted by atomic mass is 16.5. The lowest BCUT2D eigenvalue weighted by Crippen LogP contribution is -2.43. The van der Waals surface area contributed by atoms with E-state index in [2.05, 4.69) is 11.8 Å². The van der Waals surface area contributed by atoms with E-state index in [1.807, 2.05) is 6.92 Å². The first kappa shape index (κ1) is 15.8. The van der Waals surface area contributed by atoms with Gasteiger partial charge in [0.1, 0.15) is 0 Å². The summed E-state index contributed by atoms with van der Waals surface area (Å²) in [6.45, 7) is 7.33. The SMILES string of the molecule is CCC(O)C(C)N(CCCOC)CCOC. The van der Waals surface area contributed by atoms with Crippen LogP contribution in [0.2, 0.25) is 0 Å². The molecule has 0 aromatic rings. The number of methoxy groups -OCH3 is 2. The van der Waals surface area contributed by atoms with E-state index in [9.17, 15) is 5.11 Å². The highest BCUT2D eigenvalue weighted by Crippen LogP contribution is 2.08. The Hall–Kier alpha value is -0.160. The van der Waals surface area contributed by atoms with Gasteiger partial charge >= 0.3 is 0 Å². The van der Waals surface area contributed by atoms with Gasteiger partial charge < -0.3 is 14.6 Å². The molecule has 0 rings (SSSR count). The molecule has 0 fully saturated rings. The molecule has 4 nitrogen and oxygen atoms in total. The fraction of sp³-hybridized carbons (Fsp3) is 1.00. The fourth-order valence-electron chi connectivity index (χ4n) is 1.72. The standard InChI is InChI=1S/C12H27NO3/c1-5-12(14)11(2)13(8-10-16-4)7-6-9-15-3/h11-12,14H,5-10H2,1-4H3. The van der Waals surface area contributed by atoms with Crippen LogP contribution in [0.4, 0.5) is 0 Å². The Morgan fingerprint density at radius 3 is 2.25 bits per heavy atom. The minimum Gasteiger partial charge on any atom is -0.392 e. The first-order valence-electron chi connectivity index (χ1n) is 6.07. The third-order valence-corrected chi connectivity index (χ3v) is 2.93. The summed E-state index contributed by atoms with van der Waals surface area (Å²) in [6.07, 6.45) is 1.51. The summed E-state index contributed by atoms with van der Waals surface area (Å²) in [4.78, 5) is 2.26. The predicted octanol–water partition coefficient (Wildman–Crippen LogP) is 1.13. The average molecular weight is 233 g/mol. The van der Waals surface area contributed by atoms with E-state index < -0.39 is 0 Å². The van der Waals surface area contributed by atoms with E-state index in [4.69, 9.17) is 9.47 Å². The molecule has 0 aliphatic heterocycles. The molecule has 0 aliphatic carbocycles. The third kappa shape index (κ3) is 6.43. The zero-order chi connectivity index (χ0) is 12.4. The topological polar surface area (TPSA) is 41.9 Å². The number of aliphatic hydroxyl groups excluding tert-OH is 1. The van der Waals surface area contributed by atoms with Crippen molar-refractivity contribution < 1.29 is 14.6 Å². The quantitative estimate of drug-likeness (QED) is 0.574. The number of aliphatic hydroxyl groups is 1. The maximum absolute atomic E-state index is 9.84. The Balaban J connectivity index is 4.06. The lowest BCUT2D eigenvalue weighted by atomic mass is 10.1. The molecule has 98 valence electrons. The maximum atomic E-state index is 9.84. The second-order valence-electron chi connectivity index (χ2n) is 4.09. The van der Waals surface area contributed by atoms with Crippen LogP contribution in [0.25, 0.3) is 0 Å². The molecule has 4 heteroatoms. The van der Waals surface area contributed by atoms with Crippen molar-refractivity contribution in [2.45, 2.75) is 38.8 Å². The van der Waals surface area contributed by atoms with Gasteiger partial charge in [0.15, 0.2) is 0 Å². The molecule has 0 saturated heterocycles. The molecule has 0 saturated carbocycles. The molecule has 0 bridgehead atoms. The number of hydrogen-bond donors (Lipinski definition) is 1. The zero-order valence-electron chi connectivity index (χ0n) is 11.1. The van der Waals surface area contributed by atoms with E-state index in [1.165, 1.54) is 0 Å². The van der Waals surface area contributed by atoms with Gasteiger partial charge in [-0.25, -0.2) is 0 Å². The number of rotatable bonds is 10. The Morgan fingerprint density at radius 1 is 1.12 bits per heavy atom. The Kier molecular flexibility index (Phi) is 9.92. The highest BCUT2D eigenvalue weighted by molar-refractivity contribution is 4.74. The monoisotopic (exact) mass is 233 g/mol. The molecule has 16 heavy (non-hydrogen) atoms. The van der Waals surface area contributed by atoms with E-state index in [-0.39, 0.29) is 12.1 Å². The van der Waals surface area contributed by atoms with Crippen molar-refractivity contribution in [3.05, 3.63) is 0 Å². The summed E-state index contributed by atoms with van der Waals surface area (Å²) in [5, 5.41) is 9.84. The first-order chi connectivity index (χ1) is 7.67. The van der Waals surface area contributed by atoms with Gasteiger partial charge in [-0.05, 0) is 19.8 Å². The van der Waals surface area contributed by atoms with E-state index in [1.54, 1.807) is 14.2 Å². The summed E-state index contributed by atoms with van der Waals surface area (Å²) in [5.41, 5.74) is 0. The summed E-state index contributed by atoms with van der Waals surface area (Å²) in [6, 6.07) is 0.178. The van der Waals surface area contributed by atoms with Crippen molar-refractivity contribution in [1.29, 1.82) is 0 Å². The van der Waals surface area contributed by atoms with Crippen molar-refractivity contribution in [2.75, 3.05) is 40.5 Å². The minimum atomic E-state index is -0.264. The van der Waals surface area contributed by atoms with E-state index in [0.29, 0.717) is 6.61 Å². The van der Waals surface area contributed by atoms with Crippen LogP contribution in [0.3, 0.4) is 0 Å². The number of hydrogen-bond acceptors (Lipinski definition) is 4. The molecule has 0 heterocycles. The Bertz CT molecular complexity index is 155. The maximum Gasteiger partial charge on any atom is 0.0690 e. The van der Waals surface area contributed by atoms with Gasteiger partial charge in [0.2, 0.25) is 0 Å². The van der Waals surface area contributed by atoms with E-state index >= 15 is 0 Å². The molecule has 0 spiro atoms. The van der Waals surface area contributed by atoms with Gasteiger partial charge in [-0.3, -0.25) is 4.90 Å². The van der Waals surface area contributed by atoms with Crippen LogP contribution in [-0.2, 0) is 9.47 Å².